The van der Waals surface area contributed by atoms with Crippen molar-refractivity contribution in [2.45, 2.75) is 6.18 Å². The fraction of sp³-hybridized carbons (Fsp3) is 0.125. The van der Waals surface area contributed by atoms with Crippen molar-refractivity contribution in [3.63, 3.8) is 0 Å². The van der Waals surface area contributed by atoms with Crippen LogP contribution >= 0.6 is 0 Å². The highest BCUT2D eigenvalue weighted by molar-refractivity contribution is 5.98. The van der Waals surface area contributed by atoms with Crippen molar-refractivity contribution in [2.75, 3.05) is 0 Å². The first-order valence-corrected chi connectivity index (χ1v) is 3.57. The molecule has 0 saturated heterocycles. The van der Waals surface area contributed by atoms with Gasteiger partial charge in [-0.15, -0.1) is 0 Å². The first-order chi connectivity index (χ1) is 6.41. The number of carbonyl (C=O) groups is 1. The molecule has 1 aromatic rings. The lowest BCUT2D eigenvalue weighted by atomic mass is 10.2. The molecule has 1 aromatic heterocycles. The van der Waals surface area contributed by atoms with Crippen LogP contribution in [0.1, 0.15) is 5.69 Å². The summed E-state index contributed by atoms with van der Waals surface area (Å²) in [6, 6.07) is 2.83. The van der Waals surface area contributed by atoms with E-state index in [4.69, 9.17) is 5.11 Å². The average molecular weight is 205 g/mol. The summed E-state index contributed by atoms with van der Waals surface area (Å²) in [4.78, 5) is 12.9. The molecule has 0 aliphatic heterocycles. The molecular formula is C8H6F3NO2. The molecule has 0 atom stereocenters. The number of rotatable bonds is 2. The van der Waals surface area contributed by atoms with Crippen molar-refractivity contribution in [1.29, 1.82) is 0 Å². The number of ketones is 1. The van der Waals surface area contributed by atoms with Crippen molar-refractivity contribution >= 4 is 11.5 Å². The normalized spacial score (nSPS) is 12.9. The molecule has 0 aliphatic rings. The molecule has 0 unspecified atom stereocenters. The number of H-pyrrole nitrogens is 1. The molecule has 0 spiro atoms. The van der Waals surface area contributed by atoms with Gasteiger partial charge < -0.3 is 10.1 Å². The molecule has 0 bridgehead atoms. The highest BCUT2D eigenvalue weighted by Crippen LogP contribution is 2.18. The van der Waals surface area contributed by atoms with Gasteiger partial charge in [0.25, 0.3) is 5.78 Å². The quantitative estimate of drug-likeness (QED) is 0.573. The first kappa shape index (κ1) is 10.4. The van der Waals surface area contributed by atoms with E-state index < -0.39 is 17.7 Å². The Bertz CT molecular complexity index is 351. The molecule has 1 rings (SSSR count). The number of allylic oxidation sites excluding steroid dienone is 1. The largest absolute Gasteiger partial charge is 0.506 e. The van der Waals surface area contributed by atoms with E-state index in [2.05, 4.69) is 4.98 Å². The summed E-state index contributed by atoms with van der Waals surface area (Å²) in [6.45, 7) is 0. The van der Waals surface area contributed by atoms with Crippen LogP contribution in [0.15, 0.2) is 24.4 Å². The zero-order chi connectivity index (χ0) is 10.8. The lowest BCUT2D eigenvalue weighted by molar-refractivity contribution is -0.165. The van der Waals surface area contributed by atoms with Gasteiger partial charge in [0.1, 0.15) is 5.76 Å². The molecule has 0 aromatic carbocycles. The van der Waals surface area contributed by atoms with Gasteiger partial charge in [0.15, 0.2) is 0 Å². The van der Waals surface area contributed by atoms with Crippen LogP contribution in [0.4, 0.5) is 13.2 Å². The number of hydrogen-bond donors (Lipinski definition) is 2. The van der Waals surface area contributed by atoms with E-state index in [0.29, 0.717) is 0 Å². The predicted molar refractivity (Wildman–Crippen MR) is 42.5 cm³/mol. The minimum Gasteiger partial charge on any atom is -0.506 e. The molecule has 3 nitrogen and oxygen atoms in total. The molecule has 0 aliphatic carbocycles. The number of aliphatic hydroxyl groups is 1. The summed E-state index contributed by atoms with van der Waals surface area (Å²) in [5, 5.41) is 9.05. The van der Waals surface area contributed by atoms with Crippen molar-refractivity contribution in [3.8, 4) is 0 Å². The first-order valence-electron chi connectivity index (χ1n) is 3.57. The maximum Gasteiger partial charge on any atom is 0.454 e. The van der Waals surface area contributed by atoms with Crippen LogP contribution in [-0.4, -0.2) is 22.1 Å². The van der Waals surface area contributed by atoms with Gasteiger partial charge in [-0.3, -0.25) is 4.79 Å². The second-order valence-electron chi connectivity index (χ2n) is 2.48. The molecule has 6 heteroatoms. The van der Waals surface area contributed by atoms with Crippen LogP contribution in [0.25, 0.3) is 5.76 Å². The maximum absolute atomic E-state index is 11.7. The third-order valence-corrected chi connectivity index (χ3v) is 1.42. The van der Waals surface area contributed by atoms with E-state index in [0.717, 1.165) is 0 Å². The second kappa shape index (κ2) is 3.57. The van der Waals surface area contributed by atoms with Crippen molar-refractivity contribution in [2.24, 2.45) is 0 Å². The van der Waals surface area contributed by atoms with Gasteiger partial charge in [-0.2, -0.15) is 13.2 Å². The van der Waals surface area contributed by atoms with Crippen LogP contribution in [0, 0.1) is 0 Å². The Morgan fingerprint density at radius 2 is 2.14 bits per heavy atom. The third-order valence-electron chi connectivity index (χ3n) is 1.42. The Hall–Kier alpha value is -1.72. The average Bonchev–Trinajstić information content (AvgIpc) is 2.53. The maximum atomic E-state index is 11.7. The van der Waals surface area contributed by atoms with E-state index in [9.17, 15) is 18.0 Å². The van der Waals surface area contributed by atoms with E-state index >= 15 is 0 Å². The molecule has 2 N–H and O–H groups in total. The Labute approximate surface area is 76.9 Å². The Balaban J connectivity index is 2.85. The van der Waals surface area contributed by atoms with Gasteiger partial charge in [-0.05, 0) is 12.1 Å². The summed E-state index contributed by atoms with van der Waals surface area (Å²) >= 11 is 0. The van der Waals surface area contributed by atoms with E-state index in [-0.39, 0.29) is 11.8 Å². The standard InChI is InChI=1S/C8H6F3NO2/c9-8(10,11)7(14)4-6(13)5-2-1-3-12-5/h1-4,12-13H/b6-4+. The Morgan fingerprint density at radius 3 is 2.57 bits per heavy atom. The minimum absolute atomic E-state index is 0.0580. The van der Waals surface area contributed by atoms with Gasteiger partial charge in [-0.25, -0.2) is 0 Å². The molecular weight excluding hydrogens is 199 g/mol. The molecule has 0 fully saturated rings. The second-order valence-corrected chi connectivity index (χ2v) is 2.48. The van der Waals surface area contributed by atoms with Crippen LogP contribution in [0.2, 0.25) is 0 Å². The summed E-state index contributed by atoms with van der Waals surface area (Å²) in [7, 11) is 0. The highest BCUT2D eigenvalue weighted by atomic mass is 19.4. The van der Waals surface area contributed by atoms with E-state index in [1.807, 2.05) is 0 Å². The number of carbonyl (C=O) groups excluding carboxylic acids is 1. The molecule has 0 radical (unpaired) electrons. The summed E-state index contributed by atoms with van der Waals surface area (Å²) in [6.07, 6.45) is -3.41. The topological polar surface area (TPSA) is 53.1 Å². The van der Waals surface area contributed by atoms with Crippen LogP contribution < -0.4 is 0 Å². The van der Waals surface area contributed by atoms with Gasteiger partial charge >= 0.3 is 6.18 Å². The number of nitrogens with one attached hydrogen (secondary N) is 1. The molecule has 1 heterocycles. The molecule has 0 saturated carbocycles. The lowest BCUT2D eigenvalue weighted by Crippen LogP contribution is -2.20. The van der Waals surface area contributed by atoms with Gasteiger partial charge in [0.05, 0.1) is 5.69 Å². The minimum atomic E-state index is -4.96. The summed E-state index contributed by atoms with van der Waals surface area (Å²) < 4.78 is 35.2. The highest BCUT2D eigenvalue weighted by Gasteiger charge is 2.37. The number of aromatic amines is 1. The van der Waals surface area contributed by atoms with Crippen molar-refractivity contribution in [1.82, 2.24) is 4.98 Å². The number of halogens is 3. The van der Waals surface area contributed by atoms with Gasteiger partial charge in [-0.1, -0.05) is 0 Å². The fourth-order valence-electron chi connectivity index (χ4n) is 0.773. The van der Waals surface area contributed by atoms with Crippen LogP contribution in [-0.2, 0) is 4.79 Å². The predicted octanol–water partition coefficient (Wildman–Crippen LogP) is 2.04. The fourth-order valence-corrected chi connectivity index (χ4v) is 0.773. The molecule has 76 valence electrons. The Kier molecular flexibility index (Phi) is 2.64. The summed E-state index contributed by atoms with van der Waals surface area (Å²) in [5.41, 5.74) is 0.0580. The summed E-state index contributed by atoms with van der Waals surface area (Å²) in [5.74, 6) is -2.83. The SMILES string of the molecule is O=C(/C=C(/O)c1ccc[nH]1)C(F)(F)F. The number of alkyl halides is 3. The number of aliphatic hydroxyl groups excluding tert-OH is 1. The monoisotopic (exact) mass is 205 g/mol. The molecule has 0 amide bonds. The number of hydrogen-bond acceptors (Lipinski definition) is 2. The number of aromatic nitrogens is 1. The van der Waals surface area contributed by atoms with Crippen LogP contribution in [0.3, 0.4) is 0 Å². The molecule has 14 heavy (non-hydrogen) atoms. The van der Waals surface area contributed by atoms with E-state index in [1.165, 1.54) is 18.3 Å². The van der Waals surface area contributed by atoms with E-state index in [1.54, 1.807) is 0 Å². The smallest absolute Gasteiger partial charge is 0.454 e. The zero-order valence-electron chi connectivity index (χ0n) is 6.80. The lowest BCUT2D eigenvalue weighted by Gasteiger charge is -2.00. The Morgan fingerprint density at radius 1 is 1.50 bits per heavy atom. The zero-order valence-corrected chi connectivity index (χ0v) is 6.80. The van der Waals surface area contributed by atoms with Gasteiger partial charge in [0, 0.05) is 12.3 Å². The van der Waals surface area contributed by atoms with Crippen molar-refractivity contribution < 1.29 is 23.1 Å². The third kappa shape index (κ3) is 2.38. The van der Waals surface area contributed by atoms with Crippen LogP contribution in [0.5, 0.6) is 0 Å². The van der Waals surface area contributed by atoms with Gasteiger partial charge in [0.2, 0.25) is 0 Å². The van der Waals surface area contributed by atoms with Crippen molar-refractivity contribution in [3.05, 3.63) is 30.1 Å².